The molecule has 29 heavy (non-hydrogen) atoms. The molecule has 0 spiro atoms. The van der Waals surface area contributed by atoms with Crippen LogP contribution in [0.2, 0.25) is 0 Å². The molecular weight excluding hydrogens is 389 g/mol. The Bertz CT molecular complexity index is 1080. The van der Waals surface area contributed by atoms with Crippen molar-refractivity contribution < 1.29 is 9.18 Å². The highest BCUT2D eigenvalue weighted by atomic mass is 32.1. The van der Waals surface area contributed by atoms with Gasteiger partial charge in [0.2, 0.25) is 5.91 Å². The van der Waals surface area contributed by atoms with E-state index < -0.39 is 0 Å². The van der Waals surface area contributed by atoms with Gasteiger partial charge >= 0.3 is 0 Å². The Hall–Kier alpha value is -3.39. The maximum Gasteiger partial charge on any atom is 0.224 e. The van der Waals surface area contributed by atoms with Gasteiger partial charge in [-0.05, 0) is 29.1 Å². The van der Waals surface area contributed by atoms with Crippen molar-refractivity contribution in [1.82, 2.24) is 25.1 Å². The standard InChI is InChI=1S/C21H18FN5OS/c22-16-5-3-15(4-6-16)12-20(28)25-9-10-27-21(19-2-1-11-29-19)17(13-26-27)18-14-23-7-8-24-18/h1-8,11,13-14H,9-10,12H2,(H,25,28). The fraction of sp³-hybridized carbons (Fsp3) is 0.143. The molecule has 3 aromatic heterocycles. The zero-order valence-electron chi connectivity index (χ0n) is 15.5. The van der Waals surface area contributed by atoms with E-state index in [2.05, 4.69) is 20.4 Å². The maximum atomic E-state index is 13.0. The van der Waals surface area contributed by atoms with Gasteiger partial charge < -0.3 is 5.32 Å². The highest BCUT2D eigenvalue weighted by molar-refractivity contribution is 7.13. The van der Waals surface area contributed by atoms with Crippen LogP contribution in [0.1, 0.15) is 5.56 Å². The van der Waals surface area contributed by atoms with Crippen molar-refractivity contribution >= 4 is 17.2 Å². The summed E-state index contributed by atoms with van der Waals surface area (Å²) in [4.78, 5) is 21.8. The van der Waals surface area contributed by atoms with Crippen molar-refractivity contribution in [2.75, 3.05) is 6.54 Å². The molecule has 0 fully saturated rings. The van der Waals surface area contributed by atoms with Gasteiger partial charge in [0, 0.05) is 24.5 Å². The average molecular weight is 407 g/mol. The summed E-state index contributed by atoms with van der Waals surface area (Å²) in [7, 11) is 0. The number of amides is 1. The van der Waals surface area contributed by atoms with E-state index in [1.807, 2.05) is 22.2 Å². The van der Waals surface area contributed by atoms with E-state index >= 15 is 0 Å². The quantitative estimate of drug-likeness (QED) is 0.508. The van der Waals surface area contributed by atoms with E-state index in [-0.39, 0.29) is 18.1 Å². The lowest BCUT2D eigenvalue weighted by atomic mass is 10.1. The van der Waals surface area contributed by atoms with Crippen LogP contribution in [0.25, 0.3) is 21.8 Å². The van der Waals surface area contributed by atoms with Crippen LogP contribution in [-0.4, -0.2) is 32.2 Å². The molecule has 3 heterocycles. The zero-order valence-corrected chi connectivity index (χ0v) is 16.3. The first-order valence-corrected chi connectivity index (χ1v) is 9.96. The number of rotatable bonds is 7. The molecule has 0 radical (unpaired) electrons. The third-order valence-corrected chi connectivity index (χ3v) is 5.23. The molecule has 0 unspecified atom stereocenters. The molecule has 8 heteroatoms. The van der Waals surface area contributed by atoms with Crippen LogP contribution >= 0.6 is 11.3 Å². The van der Waals surface area contributed by atoms with Crippen molar-refractivity contribution in [3.8, 4) is 21.8 Å². The molecule has 0 aliphatic carbocycles. The fourth-order valence-electron chi connectivity index (χ4n) is 3.01. The topological polar surface area (TPSA) is 72.7 Å². The predicted molar refractivity (Wildman–Crippen MR) is 110 cm³/mol. The highest BCUT2D eigenvalue weighted by Crippen LogP contribution is 2.33. The van der Waals surface area contributed by atoms with Crippen molar-refractivity contribution in [3.63, 3.8) is 0 Å². The number of aromatic nitrogens is 4. The molecule has 0 saturated carbocycles. The minimum atomic E-state index is -0.312. The van der Waals surface area contributed by atoms with Gasteiger partial charge in [-0.25, -0.2) is 4.39 Å². The number of carbonyl (C=O) groups is 1. The Morgan fingerprint density at radius 2 is 2.00 bits per heavy atom. The van der Waals surface area contributed by atoms with Crippen molar-refractivity contribution in [1.29, 1.82) is 0 Å². The Balaban J connectivity index is 1.45. The second-order valence-electron chi connectivity index (χ2n) is 6.35. The monoisotopic (exact) mass is 407 g/mol. The molecule has 0 bridgehead atoms. The largest absolute Gasteiger partial charge is 0.354 e. The van der Waals surface area contributed by atoms with Gasteiger partial charge in [-0.2, -0.15) is 5.10 Å². The van der Waals surface area contributed by atoms with Gasteiger partial charge in [-0.1, -0.05) is 18.2 Å². The molecule has 0 saturated heterocycles. The molecule has 1 amide bonds. The second-order valence-corrected chi connectivity index (χ2v) is 7.30. The Kier molecular flexibility index (Phi) is 5.71. The number of thiophene rings is 1. The van der Waals surface area contributed by atoms with E-state index in [4.69, 9.17) is 0 Å². The van der Waals surface area contributed by atoms with E-state index in [1.54, 1.807) is 48.3 Å². The summed E-state index contributed by atoms with van der Waals surface area (Å²) in [5.41, 5.74) is 3.38. The molecule has 0 aliphatic rings. The first kappa shape index (κ1) is 18.9. The van der Waals surface area contributed by atoms with Gasteiger partial charge in [0.25, 0.3) is 0 Å². The molecule has 4 aromatic rings. The molecule has 1 aromatic carbocycles. The molecule has 4 rings (SSSR count). The highest BCUT2D eigenvalue weighted by Gasteiger charge is 2.16. The summed E-state index contributed by atoms with van der Waals surface area (Å²) in [5, 5.41) is 9.41. The van der Waals surface area contributed by atoms with Gasteiger partial charge in [0.15, 0.2) is 0 Å². The predicted octanol–water partition coefficient (Wildman–Crippen LogP) is 3.57. The minimum absolute atomic E-state index is 0.115. The van der Waals surface area contributed by atoms with Crippen molar-refractivity contribution in [2.45, 2.75) is 13.0 Å². The first-order valence-electron chi connectivity index (χ1n) is 9.08. The zero-order chi connectivity index (χ0) is 20.1. The SMILES string of the molecule is O=C(Cc1ccc(F)cc1)NCCn1ncc(-c2cnccn2)c1-c1cccs1. The summed E-state index contributed by atoms with van der Waals surface area (Å²) in [5.74, 6) is -0.427. The van der Waals surface area contributed by atoms with E-state index in [0.717, 1.165) is 27.4 Å². The van der Waals surface area contributed by atoms with E-state index in [9.17, 15) is 9.18 Å². The van der Waals surface area contributed by atoms with Gasteiger partial charge in [0.1, 0.15) is 5.82 Å². The van der Waals surface area contributed by atoms with Crippen LogP contribution in [0.4, 0.5) is 4.39 Å². The molecule has 6 nitrogen and oxygen atoms in total. The summed E-state index contributed by atoms with van der Waals surface area (Å²) in [6.45, 7) is 0.947. The van der Waals surface area contributed by atoms with Crippen LogP contribution < -0.4 is 5.32 Å². The average Bonchev–Trinajstić information content (AvgIpc) is 3.40. The van der Waals surface area contributed by atoms with Crippen LogP contribution in [0.5, 0.6) is 0 Å². The number of carbonyl (C=O) groups excluding carboxylic acids is 1. The van der Waals surface area contributed by atoms with Crippen molar-refractivity contribution in [3.05, 3.63) is 77.9 Å². The Labute approximate surface area is 171 Å². The summed E-state index contributed by atoms with van der Waals surface area (Å²) in [6.07, 6.45) is 6.99. The van der Waals surface area contributed by atoms with E-state index in [1.165, 1.54) is 12.1 Å². The lowest BCUT2D eigenvalue weighted by Gasteiger charge is -2.10. The summed E-state index contributed by atoms with van der Waals surface area (Å²) >= 11 is 1.62. The second kappa shape index (κ2) is 8.74. The number of nitrogens with one attached hydrogen (secondary N) is 1. The number of hydrogen-bond donors (Lipinski definition) is 1. The number of benzene rings is 1. The van der Waals surface area contributed by atoms with Gasteiger partial charge in [-0.3, -0.25) is 19.4 Å². The Morgan fingerprint density at radius 1 is 1.14 bits per heavy atom. The molecule has 1 N–H and O–H groups in total. The fourth-order valence-corrected chi connectivity index (χ4v) is 3.79. The molecule has 146 valence electrons. The lowest BCUT2D eigenvalue weighted by molar-refractivity contribution is -0.120. The number of nitrogens with zero attached hydrogens (tertiary/aromatic N) is 4. The molecule has 0 atom stereocenters. The third kappa shape index (κ3) is 4.55. The third-order valence-electron chi connectivity index (χ3n) is 4.36. The first-order chi connectivity index (χ1) is 14.2. The van der Waals surface area contributed by atoms with Crippen LogP contribution in [-0.2, 0) is 17.8 Å². The summed E-state index contributed by atoms with van der Waals surface area (Å²) in [6, 6.07) is 9.96. The number of hydrogen-bond acceptors (Lipinski definition) is 5. The molecular formula is C21H18FN5OS. The van der Waals surface area contributed by atoms with Crippen LogP contribution in [0.3, 0.4) is 0 Å². The summed E-state index contributed by atoms with van der Waals surface area (Å²) < 4.78 is 14.8. The lowest BCUT2D eigenvalue weighted by Crippen LogP contribution is -2.29. The minimum Gasteiger partial charge on any atom is -0.354 e. The van der Waals surface area contributed by atoms with Crippen LogP contribution in [0.15, 0.2) is 66.6 Å². The van der Waals surface area contributed by atoms with Crippen molar-refractivity contribution in [2.24, 2.45) is 0 Å². The van der Waals surface area contributed by atoms with Gasteiger partial charge in [-0.15, -0.1) is 11.3 Å². The van der Waals surface area contributed by atoms with Gasteiger partial charge in [0.05, 0.1) is 41.6 Å². The smallest absolute Gasteiger partial charge is 0.224 e. The van der Waals surface area contributed by atoms with Crippen LogP contribution in [0, 0.1) is 5.82 Å². The maximum absolute atomic E-state index is 13.0. The molecule has 0 aliphatic heterocycles. The number of halogens is 1. The van der Waals surface area contributed by atoms with E-state index in [0.29, 0.717) is 13.1 Å². The Morgan fingerprint density at radius 3 is 2.72 bits per heavy atom. The normalized spacial score (nSPS) is 10.8.